The van der Waals surface area contributed by atoms with E-state index in [-0.39, 0.29) is 24.8 Å². The first-order valence-corrected chi connectivity index (χ1v) is 5.70. The van der Waals surface area contributed by atoms with Gasteiger partial charge in [0.2, 0.25) is 11.8 Å². The Morgan fingerprint density at radius 2 is 2.06 bits per heavy atom. The lowest BCUT2D eigenvalue weighted by Gasteiger charge is -2.18. The Bertz CT molecular complexity index is 526. The quantitative estimate of drug-likeness (QED) is 0.641. The van der Waals surface area contributed by atoms with E-state index >= 15 is 0 Å². The van der Waals surface area contributed by atoms with Crippen LogP contribution in [0, 0.1) is 11.2 Å². The van der Waals surface area contributed by atoms with Crippen LogP contribution in [-0.2, 0) is 16.1 Å². The summed E-state index contributed by atoms with van der Waals surface area (Å²) < 4.78 is 13.6. The highest BCUT2D eigenvalue weighted by Crippen LogP contribution is 2.32. The third kappa shape index (κ3) is 2.08. The fraction of sp³-hybridized carbons (Fsp3) is 0.385. The molecule has 1 aliphatic rings. The molecule has 1 aromatic carbocycles. The summed E-state index contributed by atoms with van der Waals surface area (Å²) in [4.78, 5) is 24.8. The van der Waals surface area contributed by atoms with Crippen molar-refractivity contribution in [2.75, 3.05) is 5.73 Å². The number of nitrogen functional groups attached to an aromatic ring is 1. The summed E-state index contributed by atoms with van der Waals surface area (Å²) in [6.45, 7) is 3.40. The molecule has 0 unspecified atom stereocenters. The Kier molecular flexibility index (Phi) is 2.84. The second-order valence-electron chi connectivity index (χ2n) is 5.20. The predicted octanol–water partition coefficient (Wildman–Crippen LogP) is 1.69. The zero-order valence-electron chi connectivity index (χ0n) is 10.4. The van der Waals surface area contributed by atoms with Gasteiger partial charge in [0.05, 0.1) is 12.0 Å². The van der Waals surface area contributed by atoms with Crippen LogP contribution < -0.4 is 5.73 Å². The second kappa shape index (κ2) is 4.08. The van der Waals surface area contributed by atoms with Crippen molar-refractivity contribution in [3.05, 3.63) is 29.6 Å². The van der Waals surface area contributed by atoms with Crippen molar-refractivity contribution in [1.29, 1.82) is 0 Å². The summed E-state index contributed by atoms with van der Waals surface area (Å²) in [5, 5.41) is 0. The number of hydrogen-bond donors (Lipinski definition) is 1. The number of likely N-dealkylation sites (tertiary alicyclic amines) is 1. The number of nitrogens with two attached hydrogens (primary N) is 1. The van der Waals surface area contributed by atoms with Gasteiger partial charge in [-0.2, -0.15) is 0 Å². The number of hydrogen-bond acceptors (Lipinski definition) is 3. The van der Waals surface area contributed by atoms with Crippen LogP contribution in [0.25, 0.3) is 0 Å². The van der Waals surface area contributed by atoms with Crippen LogP contribution in [0.3, 0.4) is 0 Å². The van der Waals surface area contributed by atoms with E-state index in [4.69, 9.17) is 5.73 Å². The zero-order chi connectivity index (χ0) is 13.5. The van der Waals surface area contributed by atoms with Gasteiger partial charge in [0.1, 0.15) is 5.82 Å². The maximum atomic E-state index is 13.6. The molecule has 0 atom stereocenters. The van der Waals surface area contributed by atoms with E-state index in [0.29, 0.717) is 11.3 Å². The van der Waals surface area contributed by atoms with E-state index in [1.807, 2.05) is 0 Å². The number of benzene rings is 1. The molecule has 1 aliphatic heterocycles. The first-order valence-electron chi connectivity index (χ1n) is 5.70. The maximum absolute atomic E-state index is 13.6. The normalized spacial score (nSPS) is 18.5. The topological polar surface area (TPSA) is 63.4 Å². The lowest BCUT2D eigenvalue weighted by Crippen LogP contribution is -2.32. The van der Waals surface area contributed by atoms with Crippen LogP contribution in [0.5, 0.6) is 0 Å². The van der Waals surface area contributed by atoms with Gasteiger partial charge < -0.3 is 5.73 Å². The lowest BCUT2D eigenvalue weighted by atomic mass is 9.92. The number of rotatable bonds is 2. The molecule has 0 radical (unpaired) electrons. The van der Waals surface area contributed by atoms with Crippen LogP contribution in [0.1, 0.15) is 25.8 Å². The molecule has 0 spiro atoms. The number of halogens is 1. The van der Waals surface area contributed by atoms with E-state index < -0.39 is 11.2 Å². The van der Waals surface area contributed by atoms with Gasteiger partial charge >= 0.3 is 0 Å². The standard InChI is InChI=1S/C13H15FN2O2/c1-13(2)6-11(17)16(12(13)18)7-8-3-4-9(15)5-10(8)14/h3-5H,6-7,15H2,1-2H3. The minimum atomic E-state index is -0.693. The first-order chi connectivity index (χ1) is 8.31. The predicted molar refractivity (Wildman–Crippen MR) is 64.8 cm³/mol. The van der Waals surface area contributed by atoms with Gasteiger partial charge in [0, 0.05) is 17.7 Å². The average molecular weight is 250 g/mol. The van der Waals surface area contributed by atoms with Crippen molar-refractivity contribution in [3.63, 3.8) is 0 Å². The summed E-state index contributed by atoms with van der Waals surface area (Å²) in [7, 11) is 0. The van der Waals surface area contributed by atoms with Crippen LogP contribution in [0.15, 0.2) is 18.2 Å². The van der Waals surface area contributed by atoms with Gasteiger partial charge in [-0.15, -0.1) is 0 Å². The average Bonchev–Trinajstić information content (AvgIpc) is 2.44. The van der Waals surface area contributed by atoms with Gasteiger partial charge in [0.25, 0.3) is 0 Å². The maximum Gasteiger partial charge on any atom is 0.235 e. The summed E-state index contributed by atoms with van der Waals surface area (Å²) >= 11 is 0. The molecule has 0 saturated carbocycles. The molecule has 2 amide bonds. The minimum Gasteiger partial charge on any atom is -0.399 e. The fourth-order valence-corrected chi connectivity index (χ4v) is 2.05. The van der Waals surface area contributed by atoms with Crippen LogP contribution in [0.4, 0.5) is 10.1 Å². The second-order valence-corrected chi connectivity index (χ2v) is 5.20. The molecule has 4 nitrogen and oxygen atoms in total. The summed E-state index contributed by atoms with van der Waals surface area (Å²) in [5.41, 5.74) is 5.36. The van der Waals surface area contributed by atoms with E-state index in [1.54, 1.807) is 19.9 Å². The molecule has 18 heavy (non-hydrogen) atoms. The molecular formula is C13H15FN2O2. The summed E-state index contributed by atoms with van der Waals surface area (Å²) in [6.07, 6.45) is 0.169. The summed E-state index contributed by atoms with van der Waals surface area (Å²) in [6, 6.07) is 4.23. The third-order valence-corrected chi connectivity index (χ3v) is 3.12. The summed E-state index contributed by atoms with van der Waals surface area (Å²) in [5.74, 6) is -1.02. The molecule has 0 aromatic heterocycles. The molecule has 0 aliphatic carbocycles. The van der Waals surface area contributed by atoms with Gasteiger partial charge in [-0.05, 0) is 12.1 Å². The smallest absolute Gasteiger partial charge is 0.235 e. The first kappa shape index (κ1) is 12.5. The fourth-order valence-electron chi connectivity index (χ4n) is 2.05. The molecule has 1 aromatic rings. The van der Waals surface area contributed by atoms with Crippen molar-refractivity contribution in [2.24, 2.45) is 5.41 Å². The number of amides is 2. The number of imide groups is 1. The zero-order valence-corrected chi connectivity index (χ0v) is 10.4. The van der Waals surface area contributed by atoms with Gasteiger partial charge in [-0.3, -0.25) is 14.5 Å². The number of carbonyl (C=O) groups excluding carboxylic acids is 2. The third-order valence-electron chi connectivity index (χ3n) is 3.12. The highest BCUT2D eigenvalue weighted by Gasteiger charge is 2.44. The number of anilines is 1. The Hall–Kier alpha value is -1.91. The van der Waals surface area contributed by atoms with Crippen molar-refractivity contribution in [2.45, 2.75) is 26.8 Å². The molecule has 2 rings (SSSR count). The molecule has 1 fully saturated rings. The minimum absolute atomic E-state index is 0.0345. The SMILES string of the molecule is CC1(C)CC(=O)N(Cc2ccc(N)cc2F)C1=O. The molecule has 1 saturated heterocycles. The Morgan fingerprint density at radius 3 is 2.56 bits per heavy atom. The molecule has 1 heterocycles. The van der Waals surface area contributed by atoms with Crippen LogP contribution in [-0.4, -0.2) is 16.7 Å². The van der Waals surface area contributed by atoms with Gasteiger partial charge in [-0.25, -0.2) is 4.39 Å². The Balaban J connectivity index is 2.24. The van der Waals surface area contributed by atoms with E-state index in [0.717, 1.165) is 4.90 Å². The van der Waals surface area contributed by atoms with Crippen molar-refractivity contribution in [1.82, 2.24) is 4.90 Å². The molecule has 5 heteroatoms. The van der Waals surface area contributed by atoms with Crippen molar-refractivity contribution in [3.8, 4) is 0 Å². The largest absolute Gasteiger partial charge is 0.399 e. The molecule has 2 N–H and O–H groups in total. The van der Waals surface area contributed by atoms with Gasteiger partial charge in [-0.1, -0.05) is 19.9 Å². The highest BCUT2D eigenvalue weighted by molar-refractivity contribution is 6.05. The number of nitrogens with zero attached hydrogens (tertiary/aromatic N) is 1. The molecular weight excluding hydrogens is 235 g/mol. The van der Waals surface area contributed by atoms with Gasteiger partial charge in [0.15, 0.2) is 0 Å². The Morgan fingerprint density at radius 1 is 1.39 bits per heavy atom. The Labute approximate surface area is 105 Å². The monoisotopic (exact) mass is 250 g/mol. The van der Waals surface area contributed by atoms with Crippen molar-refractivity contribution < 1.29 is 14.0 Å². The van der Waals surface area contributed by atoms with Crippen LogP contribution in [0.2, 0.25) is 0 Å². The highest BCUT2D eigenvalue weighted by atomic mass is 19.1. The lowest BCUT2D eigenvalue weighted by molar-refractivity contribution is -0.141. The van der Waals surface area contributed by atoms with Crippen LogP contribution >= 0.6 is 0 Å². The molecule has 96 valence electrons. The van der Waals surface area contributed by atoms with Crippen molar-refractivity contribution >= 4 is 17.5 Å². The van der Waals surface area contributed by atoms with E-state index in [9.17, 15) is 14.0 Å². The number of carbonyl (C=O) groups is 2. The van der Waals surface area contributed by atoms with E-state index in [2.05, 4.69) is 0 Å². The molecule has 0 bridgehead atoms. The van der Waals surface area contributed by atoms with E-state index in [1.165, 1.54) is 12.1 Å².